The number of carbonyl (C=O) groups is 2. The van der Waals surface area contributed by atoms with Gasteiger partial charge in [-0.05, 0) is 30.9 Å². The summed E-state index contributed by atoms with van der Waals surface area (Å²) in [6, 6.07) is 15.1. The lowest BCUT2D eigenvalue weighted by Gasteiger charge is -2.32. The van der Waals surface area contributed by atoms with Crippen LogP contribution >= 0.6 is 0 Å². The van der Waals surface area contributed by atoms with E-state index in [1.807, 2.05) is 41.1 Å². The van der Waals surface area contributed by atoms with Crippen molar-refractivity contribution in [2.45, 2.75) is 31.7 Å². The second kappa shape index (κ2) is 9.51. The number of carbonyl (C=O) groups excluding carboxylic acids is 2. The first-order chi connectivity index (χ1) is 15.1. The summed E-state index contributed by atoms with van der Waals surface area (Å²) in [5, 5.41) is 7.40. The smallest absolute Gasteiger partial charge is 0.289 e. The third-order valence-electron chi connectivity index (χ3n) is 5.51. The monoisotopic (exact) mass is 422 g/mol. The van der Waals surface area contributed by atoms with Crippen LogP contribution in [0.1, 0.15) is 41.4 Å². The Kier molecular flexibility index (Phi) is 6.35. The number of hydrogen-bond acceptors (Lipinski definition) is 5. The normalized spacial score (nSPS) is 14.4. The van der Waals surface area contributed by atoms with E-state index in [0.717, 1.165) is 18.4 Å². The zero-order valence-electron chi connectivity index (χ0n) is 17.5. The molecule has 1 N–H and O–H groups in total. The highest BCUT2D eigenvalue weighted by molar-refractivity contribution is 5.91. The molecule has 1 saturated heterocycles. The number of nitrogens with one attached hydrogen (secondary N) is 1. The Hall–Kier alpha value is -3.55. The molecular weight excluding hydrogens is 396 g/mol. The van der Waals surface area contributed by atoms with Crippen LogP contribution in [0.5, 0.6) is 5.95 Å². The predicted octanol–water partition coefficient (Wildman–Crippen LogP) is 3.53. The first-order valence-corrected chi connectivity index (χ1v) is 10.4. The molecule has 3 aromatic rings. The molecule has 8 heteroatoms. The van der Waals surface area contributed by atoms with Crippen molar-refractivity contribution in [3.8, 4) is 5.95 Å². The Bertz CT molecular complexity index is 1020. The van der Waals surface area contributed by atoms with Gasteiger partial charge in [-0.3, -0.25) is 9.59 Å². The first-order valence-electron chi connectivity index (χ1n) is 10.4. The van der Waals surface area contributed by atoms with Crippen molar-refractivity contribution in [2.75, 3.05) is 25.5 Å². The standard InChI is InChI=1S/C23H26N4O4/c1-30-22-10-8-19(31-22)23(29)26-15-12-18(13-16-26)27-20(11-14-24-27)25-21(28)9-7-17-5-3-2-4-6-17/h2-6,8,10-11,14,18H,7,9,12-13,15-16H2,1H3,(H,25,28). The number of ether oxygens (including phenoxy) is 1. The minimum atomic E-state index is -0.142. The number of piperidine rings is 1. The maximum Gasteiger partial charge on any atom is 0.289 e. The summed E-state index contributed by atoms with van der Waals surface area (Å²) >= 11 is 0. The maximum absolute atomic E-state index is 12.6. The van der Waals surface area contributed by atoms with Crippen molar-refractivity contribution in [3.05, 3.63) is 66.1 Å². The van der Waals surface area contributed by atoms with E-state index in [-0.39, 0.29) is 23.6 Å². The van der Waals surface area contributed by atoms with Crippen LogP contribution in [0.15, 0.2) is 59.1 Å². The Balaban J connectivity index is 1.31. The van der Waals surface area contributed by atoms with Crippen LogP contribution in [-0.2, 0) is 11.2 Å². The number of methoxy groups -OCH3 is 1. The zero-order chi connectivity index (χ0) is 21.6. The number of benzene rings is 1. The van der Waals surface area contributed by atoms with Gasteiger partial charge in [0.1, 0.15) is 5.82 Å². The Morgan fingerprint density at radius 1 is 1.13 bits per heavy atom. The summed E-state index contributed by atoms with van der Waals surface area (Å²) in [6.45, 7) is 1.18. The predicted molar refractivity (Wildman–Crippen MR) is 115 cm³/mol. The number of furan rings is 1. The minimum absolute atomic E-state index is 0.0371. The van der Waals surface area contributed by atoms with E-state index in [1.54, 1.807) is 23.2 Å². The third-order valence-corrected chi connectivity index (χ3v) is 5.51. The molecule has 1 aromatic carbocycles. The van der Waals surface area contributed by atoms with Gasteiger partial charge >= 0.3 is 0 Å². The first kappa shape index (κ1) is 20.7. The Morgan fingerprint density at radius 3 is 2.61 bits per heavy atom. The summed E-state index contributed by atoms with van der Waals surface area (Å²) in [6.07, 6.45) is 4.30. The highest BCUT2D eigenvalue weighted by atomic mass is 16.6. The fraction of sp³-hybridized carbons (Fsp3) is 0.348. The average Bonchev–Trinajstić information content (AvgIpc) is 3.48. The molecule has 162 valence electrons. The van der Waals surface area contributed by atoms with Crippen molar-refractivity contribution in [3.63, 3.8) is 0 Å². The number of hydrogen-bond donors (Lipinski definition) is 1. The molecule has 1 aliphatic rings. The van der Waals surface area contributed by atoms with Crippen LogP contribution in [0.3, 0.4) is 0 Å². The number of aryl methyl sites for hydroxylation is 1. The van der Waals surface area contributed by atoms with Crippen LogP contribution in [0.25, 0.3) is 0 Å². The average molecular weight is 422 g/mol. The summed E-state index contributed by atoms with van der Waals surface area (Å²) in [7, 11) is 1.50. The van der Waals surface area contributed by atoms with E-state index >= 15 is 0 Å². The molecule has 1 fully saturated rings. The lowest BCUT2D eigenvalue weighted by atomic mass is 10.0. The van der Waals surface area contributed by atoms with Crippen molar-refractivity contribution in [1.29, 1.82) is 0 Å². The van der Waals surface area contributed by atoms with Crippen molar-refractivity contribution in [2.24, 2.45) is 0 Å². The third kappa shape index (κ3) is 4.96. The van der Waals surface area contributed by atoms with Crippen molar-refractivity contribution in [1.82, 2.24) is 14.7 Å². The highest BCUT2D eigenvalue weighted by Crippen LogP contribution is 2.27. The van der Waals surface area contributed by atoms with Crippen molar-refractivity contribution < 1.29 is 18.7 Å². The van der Waals surface area contributed by atoms with Gasteiger partial charge in [-0.15, -0.1) is 0 Å². The second-order valence-corrected chi connectivity index (χ2v) is 7.54. The summed E-state index contributed by atoms with van der Waals surface area (Å²) in [4.78, 5) is 26.8. The van der Waals surface area contributed by atoms with Crippen molar-refractivity contribution >= 4 is 17.6 Å². The molecule has 0 unspecified atom stereocenters. The van der Waals surface area contributed by atoms with E-state index < -0.39 is 0 Å². The molecule has 8 nitrogen and oxygen atoms in total. The second-order valence-electron chi connectivity index (χ2n) is 7.54. The summed E-state index contributed by atoms with van der Waals surface area (Å²) in [5.41, 5.74) is 1.14. The maximum atomic E-state index is 12.6. The van der Waals surface area contributed by atoms with Crippen LogP contribution < -0.4 is 10.1 Å². The summed E-state index contributed by atoms with van der Waals surface area (Å²) < 4.78 is 12.2. The lowest BCUT2D eigenvalue weighted by Crippen LogP contribution is -2.39. The van der Waals surface area contributed by atoms with Crippen LogP contribution in [-0.4, -0.2) is 46.7 Å². The quantitative estimate of drug-likeness (QED) is 0.629. The molecule has 0 bridgehead atoms. The fourth-order valence-electron chi connectivity index (χ4n) is 3.83. The topological polar surface area (TPSA) is 89.6 Å². The van der Waals surface area contributed by atoms with Gasteiger partial charge < -0.3 is 19.4 Å². The number of rotatable bonds is 7. The van der Waals surface area contributed by atoms with Gasteiger partial charge in [0.25, 0.3) is 11.9 Å². The zero-order valence-corrected chi connectivity index (χ0v) is 17.5. The van der Waals surface area contributed by atoms with Crippen LogP contribution in [0.4, 0.5) is 5.82 Å². The largest absolute Gasteiger partial charge is 0.468 e. The molecule has 1 aliphatic heterocycles. The van der Waals surface area contributed by atoms with Gasteiger partial charge in [-0.2, -0.15) is 5.10 Å². The van der Waals surface area contributed by atoms with E-state index in [1.165, 1.54) is 7.11 Å². The van der Waals surface area contributed by atoms with E-state index in [0.29, 0.717) is 37.7 Å². The number of likely N-dealkylation sites (tertiary alicyclic amines) is 1. The lowest BCUT2D eigenvalue weighted by molar-refractivity contribution is -0.116. The van der Waals surface area contributed by atoms with Gasteiger partial charge in [0.15, 0.2) is 5.76 Å². The molecule has 0 radical (unpaired) electrons. The minimum Gasteiger partial charge on any atom is -0.468 e. The van der Waals surface area contributed by atoms with Gasteiger partial charge in [-0.1, -0.05) is 30.3 Å². The van der Waals surface area contributed by atoms with Gasteiger partial charge in [0.2, 0.25) is 5.91 Å². The molecule has 0 aliphatic carbocycles. The number of anilines is 1. The van der Waals surface area contributed by atoms with E-state index in [9.17, 15) is 9.59 Å². The number of nitrogens with zero attached hydrogens (tertiary/aromatic N) is 3. The van der Waals surface area contributed by atoms with E-state index in [2.05, 4.69) is 10.4 Å². The SMILES string of the molecule is COc1ccc(C(=O)N2CCC(n3nccc3NC(=O)CCc3ccccc3)CC2)o1. The molecule has 4 rings (SSSR count). The van der Waals surface area contributed by atoms with Gasteiger partial charge in [-0.25, -0.2) is 4.68 Å². The summed E-state index contributed by atoms with van der Waals surface area (Å²) in [5.74, 6) is 1.11. The Labute approximate surface area is 180 Å². The molecule has 0 spiro atoms. The molecule has 3 heterocycles. The number of amides is 2. The van der Waals surface area contributed by atoms with Crippen LogP contribution in [0.2, 0.25) is 0 Å². The van der Waals surface area contributed by atoms with Gasteiger partial charge in [0.05, 0.1) is 19.3 Å². The molecular formula is C23H26N4O4. The van der Waals surface area contributed by atoms with E-state index in [4.69, 9.17) is 9.15 Å². The Morgan fingerprint density at radius 2 is 1.90 bits per heavy atom. The molecule has 31 heavy (non-hydrogen) atoms. The highest BCUT2D eigenvalue weighted by Gasteiger charge is 2.28. The van der Waals surface area contributed by atoms with Gasteiger partial charge in [0, 0.05) is 31.6 Å². The van der Waals surface area contributed by atoms with Crippen LogP contribution in [0, 0.1) is 0 Å². The fourth-order valence-corrected chi connectivity index (χ4v) is 3.83. The molecule has 2 aromatic heterocycles. The molecule has 0 atom stereocenters. The molecule has 0 saturated carbocycles. The number of aromatic nitrogens is 2. The molecule has 2 amide bonds.